The van der Waals surface area contributed by atoms with Crippen LogP contribution in [-0.4, -0.2) is 48.7 Å². The van der Waals surface area contributed by atoms with Crippen LogP contribution in [0.3, 0.4) is 0 Å². The highest BCUT2D eigenvalue weighted by molar-refractivity contribution is 5.79. The second kappa shape index (κ2) is 10.2. The van der Waals surface area contributed by atoms with Crippen LogP contribution in [-0.2, 0) is 9.53 Å². The molecule has 128 valence electrons. The van der Waals surface area contributed by atoms with Crippen LogP contribution in [0.25, 0.3) is 0 Å². The summed E-state index contributed by atoms with van der Waals surface area (Å²) in [7, 11) is 0. The molecule has 0 radical (unpaired) electrons. The van der Waals surface area contributed by atoms with Crippen molar-refractivity contribution in [3.05, 3.63) is 18.5 Å². The van der Waals surface area contributed by atoms with E-state index in [-0.39, 0.29) is 11.8 Å². The molecule has 1 fully saturated rings. The summed E-state index contributed by atoms with van der Waals surface area (Å²) in [5.41, 5.74) is 0. The van der Waals surface area contributed by atoms with Crippen LogP contribution < -0.4 is 10.2 Å². The van der Waals surface area contributed by atoms with Gasteiger partial charge in [-0.15, -0.1) is 0 Å². The van der Waals surface area contributed by atoms with Crippen LogP contribution in [0.5, 0.6) is 0 Å². The van der Waals surface area contributed by atoms with Gasteiger partial charge in [0, 0.05) is 45.2 Å². The molecule has 23 heavy (non-hydrogen) atoms. The Bertz CT molecular complexity index is 455. The molecule has 2 rings (SSSR count). The van der Waals surface area contributed by atoms with Crippen molar-refractivity contribution in [1.29, 1.82) is 0 Å². The minimum absolute atomic E-state index is 0.0218. The van der Waals surface area contributed by atoms with Crippen molar-refractivity contribution in [2.75, 3.05) is 37.7 Å². The Labute approximate surface area is 138 Å². The highest BCUT2D eigenvalue weighted by Gasteiger charge is 2.26. The second-order valence-electron chi connectivity index (χ2n) is 5.94. The number of hydrogen-bond donors (Lipinski definition) is 1. The summed E-state index contributed by atoms with van der Waals surface area (Å²) in [6.45, 7) is 5.98. The monoisotopic (exact) mass is 320 g/mol. The number of rotatable bonds is 9. The average Bonchev–Trinajstić information content (AvgIpc) is 2.61. The molecule has 6 nitrogen and oxygen atoms in total. The Morgan fingerprint density at radius 2 is 2.13 bits per heavy atom. The molecule has 0 bridgehead atoms. The lowest BCUT2D eigenvalue weighted by atomic mass is 9.97. The van der Waals surface area contributed by atoms with Gasteiger partial charge in [0.1, 0.15) is 0 Å². The minimum Gasteiger partial charge on any atom is -0.381 e. The van der Waals surface area contributed by atoms with Crippen LogP contribution in [0.2, 0.25) is 0 Å². The van der Waals surface area contributed by atoms with Gasteiger partial charge in [0.15, 0.2) is 0 Å². The molecular formula is C17H28N4O2. The van der Waals surface area contributed by atoms with E-state index < -0.39 is 0 Å². The first-order chi connectivity index (χ1) is 11.3. The number of anilines is 1. The third-order valence-corrected chi connectivity index (χ3v) is 4.03. The number of piperidine rings is 1. The van der Waals surface area contributed by atoms with Crippen LogP contribution in [0.15, 0.2) is 18.5 Å². The lowest BCUT2D eigenvalue weighted by Crippen LogP contribution is -2.44. The standard InChI is InChI=1S/C17H28N4O2/c1-2-3-12-23-13-6-10-18-16(22)15-7-4-11-21(14-15)17-19-8-5-9-20-17/h5,8-9,15H,2-4,6-7,10-14H2,1H3,(H,18,22). The van der Waals surface area contributed by atoms with Crippen LogP contribution in [0, 0.1) is 5.92 Å². The Morgan fingerprint density at radius 3 is 2.91 bits per heavy atom. The fraction of sp³-hybridized carbons (Fsp3) is 0.706. The molecule has 1 aliphatic heterocycles. The minimum atomic E-state index is 0.0218. The quantitative estimate of drug-likeness (QED) is 0.705. The summed E-state index contributed by atoms with van der Waals surface area (Å²) >= 11 is 0. The fourth-order valence-electron chi connectivity index (χ4n) is 2.71. The van der Waals surface area contributed by atoms with Crippen LogP contribution >= 0.6 is 0 Å². The van der Waals surface area contributed by atoms with Crippen molar-refractivity contribution in [3.8, 4) is 0 Å². The average molecular weight is 320 g/mol. The Kier molecular flexibility index (Phi) is 7.80. The summed E-state index contributed by atoms with van der Waals surface area (Å²) < 4.78 is 5.50. The van der Waals surface area contributed by atoms with E-state index in [4.69, 9.17) is 4.74 Å². The molecule has 0 saturated carbocycles. The summed E-state index contributed by atoms with van der Waals surface area (Å²) in [5.74, 6) is 0.877. The van der Waals surface area contributed by atoms with E-state index in [2.05, 4.69) is 27.1 Å². The highest BCUT2D eigenvalue weighted by Crippen LogP contribution is 2.19. The van der Waals surface area contributed by atoms with E-state index in [0.717, 1.165) is 51.9 Å². The molecule has 0 spiro atoms. The number of aromatic nitrogens is 2. The molecule has 1 amide bonds. The zero-order valence-corrected chi connectivity index (χ0v) is 14.0. The molecular weight excluding hydrogens is 292 g/mol. The van der Waals surface area contributed by atoms with E-state index in [1.54, 1.807) is 18.5 Å². The third-order valence-electron chi connectivity index (χ3n) is 4.03. The first-order valence-corrected chi connectivity index (χ1v) is 8.68. The number of ether oxygens (including phenoxy) is 1. The SMILES string of the molecule is CCCCOCCCNC(=O)C1CCCN(c2ncccn2)C1. The van der Waals surface area contributed by atoms with Crippen LogP contribution in [0.4, 0.5) is 5.95 Å². The maximum Gasteiger partial charge on any atom is 0.225 e. The van der Waals surface area contributed by atoms with E-state index >= 15 is 0 Å². The van der Waals surface area contributed by atoms with Crippen molar-refractivity contribution in [2.45, 2.75) is 39.0 Å². The van der Waals surface area contributed by atoms with Gasteiger partial charge in [-0.05, 0) is 31.7 Å². The molecule has 2 heterocycles. The zero-order valence-electron chi connectivity index (χ0n) is 14.0. The zero-order chi connectivity index (χ0) is 16.3. The van der Waals surface area contributed by atoms with Gasteiger partial charge in [-0.1, -0.05) is 13.3 Å². The summed E-state index contributed by atoms with van der Waals surface area (Å²) in [6.07, 6.45) is 8.54. The summed E-state index contributed by atoms with van der Waals surface area (Å²) in [5, 5.41) is 3.03. The Hall–Kier alpha value is -1.69. The van der Waals surface area contributed by atoms with Crippen molar-refractivity contribution in [3.63, 3.8) is 0 Å². The maximum absolute atomic E-state index is 12.3. The van der Waals surface area contributed by atoms with Crippen molar-refractivity contribution >= 4 is 11.9 Å². The molecule has 0 aliphatic carbocycles. The molecule has 1 aromatic heterocycles. The predicted octanol–water partition coefficient (Wildman–Crippen LogP) is 2.02. The second-order valence-corrected chi connectivity index (χ2v) is 5.94. The van der Waals surface area contributed by atoms with Gasteiger partial charge in [-0.25, -0.2) is 9.97 Å². The Balaban J connectivity index is 1.66. The number of unbranched alkanes of at least 4 members (excludes halogenated alkanes) is 1. The number of nitrogens with one attached hydrogen (secondary N) is 1. The molecule has 1 atom stereocenters. The number of carbonyl (C=O) groups is 1. The van der Waals surface area contributed by atoms with Crippen LogP contribution in [0.1, 0.15) is 39.0 Å². The first-order valence-electron chi connectivity index (χ1n) is 8.68. The maximum atomic E-state index is 12.3. The van der Waals surface area contributed by atoms with E-state index in [1.165, 1.54) is 0 Å². The van der Waals surface area contributed by atoms with Gasteiger partial charge in [-0.2, -0.15) is 0 Å². The van der Waals surface area contributed by atoms with Gasteiger partial charge in [0.2, 0.25) is 11.9 Å². The van der Waals surface area contributed by atoms with Gasteiger partial charge >= 0.3 is 0 Å². The lowest BCUT2D eigenvalue weighted by Gasteiger charge is -2.31. The van der Waals surface area contributed by atoms with E-state index in [0.29, 0.717) is 19.0 Å². The molecule has 1 aromatic rings. The number of amides is 1. The molecule has 1 saturated heterocycles. The number of carbonyl (C=O) groups excluding carboxylic acids is 1. The summed E-state index contributed by atoms with van der Waals surface area (Å²) in [6, 6.07) is 1.81. The summed E-state index contributed by atoms with van der Waals surface area (Å²) in [4.78, 5) is 22.9. The Morgan fingerprint density at radius 1 is 1.35 bits per heavy atom. The smallest absolute Gasteiger partial charge is 0.225 e. The highest BCUT2D eigenvalue weighted by atomic mass is 16.5. The lowest BCUT2D eigenvalue weighted by molar-refractivity contribution is -0.125. The third kappa shape index (κ3) is 6.14. The van der Waals surface area contributed by atoms with Crippen molar-refractivity contribution in [2.24, 2.45) is 5.92 Å². The van der Waals surface area contributed by atoms with Gasteiger partial charge in [0.25, 0.3) is 0 Å². The van der Waals surface area contributed by atoms with Crippen molar-refractivity contribution < 1.29 is 9.53 Å². The largest absolute Gasteiger partial charge is 0.381 e. The van der Waals surface area contributed by atoms with Gasteiger partial charge in [-0.3, -0.25) is 4.79 Å². The normalized spacial score (nSPS) is 18.0. The fourth-order valence-corrected chi connectivity index (χ4v) is 2.71. The number of nitrogens with zero attached hydrogens (tertiary/aromatic N) is 3. The predicted molar refractivity (Wildman–Crippen MR) is 90.3 cm³/mol. The first kappa shape index (κ1) is 17.7. The molecule has 1 unspecified atom stereocenters. The van der Waals surface area contributed by atoms with Gasteiger partial charge in [0.05, 0.1) is 5.92 Å². The molecule has 6 heteroatoms. The van der Waals surface area contributed by atoms with Crippen molar-refractivity contribution in [1.82, 2.24) is 15.3 Å². The molecule has 0 aromatic carbocycles. The molecule has 1 aliphatic rings. The van der Waals surface area contributed by atoms with Gasteiger partial charge < -0.3 is 15.0 Å². The molecule has 1 N–H and O–H groups in total. The van der Waals surface area contributed by atoms with E-state index in [9.17, 15) is 4.79 Å². The number of hydrogen-bond acceptors (Lipinski definition) is 5. The topological polar surface area (TPSA) is 67.3 Å². The van der Waals surface area contributed by atoms with E-state index in [1.807, 2.05) is 0 Å².